The van der Waals surface area contributed by atoms with Gasteiger partial charge >= 0.3 is 0 Å². The number of ether oxygens (including phenoxy) is 4. The molecule has 374 valence electrons. The molecule has 0 bridgehead atoms. The summed E-state index contributed by atoms with van der Waals surface area (Å²) in [5, 5.41) is 37.5. The molecule has 0 unspecified atom stereocenters. The predicted octanol–water partition coefficient (Wildman–Crippen LogP) is 7.46. The van der Waals surface area contributed by atoms with Crippen LogP contribution in [0.4, 0.5) is 0 Å². The first-order chi connectivity index (χ1) is 34.2. The van der Waals surface area contributed by atoms with E-state index in [2.05, 4.69) is 57.7 Å². The predicted molar refractivity (Wildman–Crippen MR) is 269 cm³/mol. The topological polar surface area (TPSA) is 160 Å². The third-order valence-corrected chi connectivity index (χ3v) is 16.2. The third-order valence-electron chi connectivity index (χ3n) is 16.2. The van der Waals surface area contributed by atoms with Gasteiger partial charge in [-0.05, 0) is 124 Å². The molecule has 2 saturated carbocycles. The molecule has 6 aliphatic rings. The Kier molecular flexibility index (Phi) is 15.5. The van der Waals surface area contributed by atoms with Gasteiger partial charge in [-0.25, -0.2) is 0 Å². The van der Waals surface area contributed by atoms with E-state index < -0.39 is 24.3 Å². The second kappa shape index (κ2) is 22.3. The fraction of sp³-hybridized carbons (Fsp3) is 0.552. The zero-order valence-corrected chi connectivity index (χ0v) is 40.8. The quantitative estimate of drug-likeness (QED) is 0.0496. The van der Waals surface area contributed by atoms with Gasteiger partial charge in [0.1, 0.15) is 22.7 Å². The Bertz CT molecular complexity index is 2200. The number of fused-ring (bicyclic) bond motifs is 2. The highest BCUT2D eigenvalue weighted by Crippen LogP contribution is 2.50. The molecular formula is C58H74N4O8. The van der Waals surface area contributed by atoms with Gasteiger partial charge < -0.3 is 50.4 Å². The molecule has 4 aromatic rings. The van der Waals surface area contributed by atoms with Gasteiger partial charge in [-0.15, -0.1) is 0 Å². The van der Waals surface area contributed by atoms with E-state index in [-0.39, 0.29) is 73.2 Å². The van der Waals surface area contributed by atoms with Crippen LogP contribution in [0.1, 0.15) is 135 Å². The number of nitrogens with one attached hydrogen (secondary N) is 4. The summed E-state index contributed by atoms with van der Waals surface area (Å²) in [5.74, 6) is 1.18. The summed E-state index contributed by atoms with van der Waals surface area (Å²) < 4.78 is 25.2. The van der Waals surface area contributed by atoms with Gasteiger partial charge in [0.15, 0.2) is 0 Å². The van der Waals surface area contributed by atoms with Crippen LogP contribution >= 0.6 is 0 Å². The maximum Gasteiger partial charge on any atom is 0.220 e. The summed E-state index contributed by atoms with van der Waals surface area (Å²) in [6.07, 6.45) is 13.4. The lowest BCUT2D eigenvalue weighted by Crippen LogP contribution is -2.52. The molecule has 12 heteroatoms. The lowest BCUT2D eigenvalue weighted by atomic mass is 9.72. The van der Waals surface area contributed by atoms with Crippen LogP contribution in [0, 0.1) is 0 Å². The Balaban J connectivity index is 0.772. The first-order valence-electron chi connectivity index (χ1n) is 26.5. The van der Waals surface area contributed by atoms with Crippen LogP contribution in [0.25, 0.3) is 0 Å². The minimum Gasteiger partial charge on any atom is -0.487 e. The van der Waals surface area contributed by atoms with E-state index in [4.69, 9.17) is 18.9 Å². The van der Waals surface area contributed by atoms with Gasteiger partial charge in [0.05, 0.1) is 36.5 Å². The highest BCUT2D eigenvalue weighted by atomic mass is 16.5. The van der Waals surface area contributed by atoms with Crippen LogP contribution in [-0.4, -0.2) is 96.0 Å². The smallest absolute Gasteiger partial charge is 0.220 e. The maximum absolute atomic E-state index is 13.8. The van der Waals surface area contributed by atoms with Gasteiger partial charge in [0.2, 0.25) is 11.8 Å². The van der Waals surface area contributed by atoms with Crippen LogP contribution in [0.15, 0.2) is 97.1 Å². The van der Waals surface area contributed by atoms with Gasteiger partial charge in [0.25, 0.3) is 0 Å². The molecular weight excluding hydrogens is 881 g/mol. The average Bonchev–Trinajstić information content (AvgIpc) is 4.08. The summed E-state index contributed by atoms with van der Waals surface area (Å²) in [6, 6.07) is 31.6. The summed E-state index contributed by atoms with van der Waals surface area (Å²) in [5.41, 5.74) is 6.27. The standard InChI is InChI=1S/C58H74N4O8/c63-51(37-59-49-35-57(23-9-24-57)69-53-19-17-41(31-45(49)53)29-43-15-7-27-67-43)47(33-39-11-3-1-4-12-39)61-55(65)21-22-56(66)62-48(34-40-13-5-2-6-14-40)52(64)38-60-50-36-58(25-10-26-58)70-54-20-18-42(32-46(50)54)30-44-16-8-28-68-44/h1-6,11-14,17-20,31-32,43-44,47-52,59-60,63-64H,7-10,15-16,21-30,33-38H2,(H,61,65)(H,62,66)/t43-,44+,47-,48-,49-,50-,51-,52-/m0/s1. The van der Waals surface area contributed by atoms with E-state index in [1.54, 1.807) is 0 Å². The molecule has 2 amide bonds. The fourth-order valence-corrected chi connectivity index (χ4v) is 11.8. The number of hydrogen-bond acceptors (Lipinski definition) is 10. The number of rotatable bonds is 21. The number of carbonyl (C=O) groups is 2. The van der Waals surface area contributed by atoms with E-state index in [0.29, 0.717) is 12.8 Å². The molecule has 2 aliphatic carbocycles. The number of carbonyl (C=O) groups excluding carboxylic acids is 2. The molecule has 2 spiro atoms. The van der Waals surface area contributed by atoms with Crippen molar-refractivity contribution >= 4 is 11.8 Å². The van der Waals surface area contributed by atoms with Crippen molar-refractivity contribution in [3.8, 4) is 11.5 Å². The highest BCUT2D eigenvalue weighted by molar-refractivity contribution is 5.84. The zero-order chi connectivity index (χ0) is 47.9. The number of hydrogen-bond donors (Lipinski definition) is 6. The molecule has 4 aromatic carbocycles. The van der Waals surface area contributed by atoms with E-state index in [9.17, 15) is 19.8 Å². The van der Waals surface area contributed by atoms with Crippen LogP contribution in [-0.2, 0) is 44.7 Å². The monoisotopic (exact) mass is 955 g/mol. The molecule has 6 N–H and O–H groups in total. The first-order valence-corrected chi connectivity index (χ1v) is 26.5. The van der Waals surface area contributed by atoms with Crippen LogP contribution in [0.3, 0.4) is 0 Å². The lowest BCUT2D eigenvalue weighted by molar-refractivity contribution is -0.128. The van der Waals surface area contributed by atoms with Crippen molar-refractivity contribution in [1.82, 2.24) is 21.3 Å². The second-order valence-corrected chi connectivity index (χ2v) is 21.4. The molecule has 2 saturated heterocycles. The molecule has 10 rings (SSSR count). The largest absolute Gasteiger partial charge is 0.487 e. The Morgan fingerprint density at radius 2 is 0.986 bits per heavy atom. The van der Waals surface area contributed by atoms with Crippen molar-refractivity contribution in [1.29, 1.82) is 0 Å². The van der Waals surface area contributed by atoms with Crippen LogP contribution < -0.4 is 30.7 Å². The van der Waals surface area contributed by atoms with Crippen molar-refractivity contribution in [3.05, 3.63) is 130 Å². The Morgan fingerprint density at radius 3 is 1.36 bits per heavy atom. The van der Waals surface area contributed by atoms with Gasteiger partial charge in [-0.3, -0.25) is 9.59 Å². The van der Waals surface area contributed by atoms with Crippen molar-refractivity contribution in [3.63, 3.8) is 0 Å². The molecule has 12 nitrogen and oxygen atoms in total. The molecule has 4 heterocycles. The summed E-state index contributed by atoms with van der Waals surface area (Å²) in [7, 11) is 0. The Morgan fingerprint density at radius 1 is 0.557 bits per heavy atom. The average molecular weight is 955 g/mol. The maximum atomic E-state index is 13.8. The van der Waals surface area contributed by atoms with E-state index >= 15 is 0 Å². The molecule has 70 heavy (non-hydrogen) atoms. The van der Waals surface area contributed by atoms with Crippen LogP contribution in [0.5, 0.6) is 11.5 Å². The number of amides is 2. The minimum absolute atomic E-state index is 0.0177. The fourth-order valence-electron chi connectivity index (χ4n) is 11.8. The van der Waals surface area contributed by atoms with Gasteiger partial charge in [-0.2, -0.15) is 0 Å². The minimum atomic E-state index is -0.913. The summed E-state index contributed by atoms with van der Waals surface area (Å²) in [4.78, 5) is 27.6. The summed E-state index contributed by atoms with van der Waals surface area (Å²) in [6.45, 7) is 2.17. The van der Waals surface area contributed by atoms with E-state index in [0.717, 1.165) is 137 Å². The Labute approximate surface area is 414 Å². The number of benzene rings is 4. The first kappa shape index (κ1) is 48.8. The molecule has 0 radical (unpaired) electrons. The zero-order valence-electron chi connectivity index (χ0n) is 40.8. The Hall–Kier alpha value is -4.82. The van der Waals surface area contributed by atoms with Gasteiger partial charge in [0, 0.05) is 75.2 Å². The molecule has 0 aromatic heterocycles. The van der Waals surface area contributed by atoms with Crippen LogP contribution in [0.2, 0.25) is 0 Å². The summed E-state index contributed by atoms with van der Waals surface area (Å²) >= 11 is 0. The SMILES string of the molecule is O=C(CCC(=O)N[C@@H](Cc1ccccc1)[C@@H](O)CN[C@H]1CC2(CCC2)Oc2ccc(C[C@@H]3CCCO3)cc21)N[C@@H](Cc1ccccc1)[C@@H](O)CN[C@H]1CC2(CCC2)Oc2ccc(C[C@H]3CCCO3)cc21. The normalized spacial score (nSPS) is 24.4. The van der Waals surface area contributed by atoms with E-state index in [1.807, 2.05) is 60.7 Å². The van der Waals surface area contributed by atoms with Gasteiger partial charge in [-0.1, -0.05) is 84.9 Å². The molecule has 4 aliphatic heterocycles. The second-order valence-electron chi connectivity index (χ2n) is 21.4. The third kappa shape index (κ3) is 12.1. The molecule has 8 atom stereocenters. The van der Waals surface area contributed by atoms with Crippen molar-refractivity contribution in [2.75, 3.05) is 26.3 Å². The lowest BCUT2D eigenvalue weighted by Gasteiger charge is -2.48. The highest BCUT2D eigenvalue weighted by Gasteiger charge is 2.47. The van der Waals surface area contributed by atoms with Crippen molar-refractivity contribution in [2.45, 2.75) is 175 Å². The van der Waals surface area contributed by atoms with E-state index in [1.165, 1.54) is 11.1 Å². The van der Waals surface area contributed by atoms with Crippen molar-refractivity contribution < 1.29 is 38.7 Å². The number of aliphatic hydroxyl groups is 2. The number of aliphatic hydroxyl groups excluding tert-OH is 2. The molecule has 4 fully saturated rings. The van der Waals surface area contributed by atoms with Crippen molar-refractivity contribution in [2.24, 2.45) is 0 Å².